The molecule has 0 fully saturated rings. The smallest absolute Gasteiger partial charge is 0.339 e. The van der Waals surface area contributed by atoms with Crippen LogP contribution in [-0.2, 0) is 13.2 Å². The summed E-state index contributed by atoms with van der Waals surface area (Å²) in [6.45, 7) is 0. The van der Waals surface area contributed by atoms with Crippen molar-refractivity contribution in [2.24, 2.45) is 7.05 Å². The molecule has 108 valence electrons. The molecule has 2 aromatic heterocycles. The molecule has 2 heterocycles. The van der Waals surface area contributed by atoms with Gasteiger partial charge in [0.15, 0.2) is 5.65 Å². The van der Waals surface area contributed by atoms with Gasteiger partial charge in [-0.1, -0.05) is 12.1 Å². The minimum atomic E-state index is -4.44. The fourth-order valence-corrected chi connectivity index (χ4v) is 2.03. The zero-order valence-corrected chi connectivity index (χ0v) is 10.9. The number of benzene rings is 1. The zero-order valence-electron chi connectivity index (χ0n) is 10.9. The molecule has 0 bridgehead atoms. The fourth-order valence-electron chi connectivity index (χ4n) is 2.03. The second kappa shape index (κ2) is 4.72. The second-order valence-electron chi connectivity index (χ2n) is 4.40. The Balaban J connectivity index is 2.08. The predicted octanol–water partition coefficient (Wildman–Crippen LogP) is 3.13. The monoisotopic (exact) mass is 293 g/mol. The van der Waals surface area contributed by atoms with Gasteiger partial charge >= 0.3 is 6.18 Å². The van der Waals surface area contributed by atoms with E-state index >= 15 is 0 Å². The van der Waals surface area contributed by atoms with Crippen molar-refractivity contribution in [2.45, 2.75) is 6.18 Å². The van der Waals surface area contributed by atoms with E-state index < -0.39 is 11.7 Å². The maximum absolute atomic E-state index is 13.0. The summed E-state index contributed by atoms with van der Waals surface area (Å²) in [6.07, 6.45) is -1.65. The van der Waals surface area contributed by atoms with Gasteiger partial charge in [-0.25, -0.2) is 9.97 Å². The van der Waals surface area contributed by atoms with Gasteiger partial charge in [-0.15, -0.1) is 0 Å². The summed E-state index contributed by atoms with van der Waals surface area (Å²) in [4.78, 5) is 8.04. The van der Waals surface area contributed by atoms with Crippen molar-refractivity contribution in [3.63, 3.8) is 0 Å². The molecular formula is C13H10F3N5. The van der Waals surface area contributed by atoms with Crippen LogP contribution in [0.3, 0.4) is 0 Å². The highest BCUT2D eigenvalue weighted by atomic mass is 19.4. The number of hydrogen-bond acceptors (Lipinski definition) is 4. The van der Waals surface area contributed by atoms with E-state index in [0.29, 0.717) is 11.0 Å². The van der Waals surface area contributed by atoms with Gasteiger partial charge in [-0.05, 0) is 12.1 Å². The molecule has 0 unspecified atom stereocenters. The first-order valence-corrected chi connectivity index (χ1v) is 6.03. The van der Waals surface area contributed by atoms with Gasteiger partial charge in [-0.2, -0.15) is 18.3 Å². The molecule has 0 spiro atoms. The Kier molecular flexibility index (Phi) is 3.00. The van der Waals surface area contributed by atoms with Gasteiger partial charge in [0, 0.05) is 7.05 Å². The predicted molar refractivity (Wildman–Crippen MR) is 71.0 cm³/mol. The van der Waals surface area contributed by atoms with Crippen LogP contribution in [0.5, 0.6) is 0 Å². The summed E-state index contributed by atoms with van der Waals surface area (Å²) in [5, 5.41) is 7.28. The number of hydrogen-bond donors (Lipinski definition) is 1. The van der Waals surface area contributed by atoms with E-state index in [1.807, 2.05) is 0 Å². The molecule has 0 atom stereocenters. The van der Waals surface area contributed by atoms with Crippen molar-refractivity contribution < 1.29 is 13.2 Å². The number of nitrogens with one attached hydrogen (secondary N) is 1. The third kappa shape index (κ3) is 2.39. The number of aryl methyl sites for hydroxylation is 1. The molecule has 0 aliphatic carbocycles. The van der Waals surface area contributed by atoms with Gasteiger partial charge in [0.2, 0.25) is 0 Å². The molecule has 3 rings (SSSR count). The van der Waals surface area contributed by atoms with Gasteiger partial charge in [-0.3, -0.25) is 4.68 Å². The fraction of sp³-hybridized carbons (Fsp3) is 0.154. The largest absolute Gasteiger partial charge is 0.418 e. The third-order valence-electron chi connectivity index (χ3n) is 3.01. The van der Waals surface area contributed by atoms with Crippen LogP contribution < -0.4 is 5.32 Å². The van der Waals surface area contributed by atoms with Gasteiger partial charge < -0.3 is 5.32 Å². The van der Waals surface area contributed by atoms with E-state index in [4.69, 9.17) is 0 Å². The van der Waals surface area contributed by atoms with E-state index in [1.54, 1.807) is 7.05 Å². The van der Waals surface area contributed by atoms with Crippen LogP contribution in [0.1, 0.15) is 5.56 Å². The Hall–Kier alpha value is -2.64. The first kappa shape index (κ1) is 13.3. The van der Waals surface area contributed by atoms with Gasteiger partial charge in [0.05, 0.1) is 22.8 Å². The quantitative estimate of drug-likeness (QED) is 0.788. The molecule has 0 aliphatic rings. The first-order valence-electron chi connectivity index (χ1n) is 6.03. The van der Waals surface area contributed by atoms with Crippen LogP contribution in [-0.4, -0.2) is 19.7 Å². The van der Waals surface area contributed by atoms with Gasteiger partial charge in [0.25, 0.3) is 0 Å². The molecule has 8 heteroatoms. The number of alkyl halides is 3. The highest BCUT2D eigenvalue weighted by Gasteiger charge is 2.33. The minimum absolute atomic E-state index is 0.0612. The van der Waals surface area contributed by atoms with Crippen LogP contribution in [0.2, 0.25) is 0 Å². The number of para-hydroxylation sites is 1. The summed E-state index contributed by atoms with van der Waals surface area (Å²) < 4.78 is 40.5. The van der Waals surface area contributed by atoms with E-state index in [9.17, 15) is 13.2 Å². The van der Waals surface area contributed by atoms with Crippen molar-refractivity contribution in [1.82, 2.24) is 19.7 Å². The maximum atomic E-state index is 13.0. The molecule has 21 heavy (non-hydrogen) atoms. The third-order valence-corrected chi connectivity index (χ3v) is 3.01. The van der Waals surface area contributed by atoms with E-state index in [1.165, 1.54) is 35.4 Å². The molecule has 3 aromatic rings. The number of anilines is 2. The molecule has 0 saturated heterocycles. The van der Waals surface area contributed by atoms with Crippen molar-refractivity contribution in [2.75, 3.05) is 5.32 Å². The van der Waals surface area contributed by atoms with Crippen LogP contribution in [0.4, 0.5) is 24.7 Å². The van der Waals surface area contributed by atoms with Crippen LogP contribution in [0.25, 0.3) is 11.0 Å². The average molecular weight is 293 g/mol. The van der Waals surface area contributed by atoms with Gasteiger partial charge in [0.1, 0.15) is 12.1 Å². The summed E-state index contributed by atoms with van der Waals surface area (Å²) in [6, 6.07) is 5.24. The standard InChI is InChI=1S/C13H10F3N5/c1-21-12-8(6-19-21)11(17-7-18-12)20-10-5-3-2-4-9(10)13(14,15)16/h2-7H,1H3,(H,17,18,20). The van der Waals surface area contributed by atoms with Crippen molar-refractivity contribution in [3.05, 3.63) is 42.4 Å². The number of nitrogens with zero attached hydrogens (tertiary/aromatic N) is 4. The highest BCUT2D eigenvalue weighted by Crippen LogP contribution is 2.36. The number of fused-ring (bicyclic) bond motifs is 1. The summed E-state index contributed by atoms with van der Waals surface area (Å²) in [5.74, 6) is 0.282. The van der Waals surface area contributed by atoms with Crippen molar-refractivity contribution in [3.8, 4) is 0 Å². The lowest BCUT2D eigenvalue weighted by atomic mass is 10.1. The lowest BCUT2D eigenvalue weighted by molar-refractivity contribution is -0.136. The van der Waals surface area contributed by atoms with E-state index in [-0.39, 0.29) is 11.5 Å². The number of rotatable bonds is 2. The Morgan fingerprint density at radius 3 is 2.67 bits per heavy atom. The average Bonchev–Trinajstić information content (AvgIpc) is 2.81. The molecular weight excluding hydrogens is 283 g/mol. The van der Waals surface area contributed by atoms with Crippen molar-refractivity contribution >= 4 is 22.5 Å². The van der Waals surface area contributed by atoms with E-state index in [2.05, 4.69) is 20.4 Å². The zero-order chi connectivity index (χ0) is 15.0. The molecule has 1 N–H and O–H groups in total. The van der Waals surface area contributed by atoms with E-state index in [0.717, 1.165) is 6.07 Å². The normalized spacial score (nSPS) is 11.8. The topological polar surface area (TPSA) is 55.6 Å². The summed E-state index contributed by atoms with van der Waals surface area (Å²) in [7, 11) is 1.70. The summed E-state index contributed by atoms with van der Waals surface area (Å²) >= 11 is 0. The van der Waals surface area contributed by atoms with Crippen molar-refractivity contribution in [1.29, 1.82) is 0 Å². The van der Waals surface area contributed by atoms with Crippen LogP contribution in [0.15, 0.2) is 36.8 Å². The second-order valence-corrected chi connectivity index (χ2v) is 4.40. The maximum Gasteiger partial charge on any atom is 0.418 e. The molecule has 0 aliphatic heterocycles. The highest BCUT2D eigenvalue weighted by molar-refractivity contribution is 5.88. The first-order chi connectivity index (χ1) is 9.97. The Morgan fingerprint density at radius 1 is 1.14 bits per heavy atom. The SMILES string of the molecule is Cn1ncc2c(Nc3ccccc3C(F)(F)F)ncnc21. The summed E-state index contributed by atoms with van der Waals surface area (Å²) in [5.41, 5.74) is -0.272. The molecule has 5 nitrogen and oxygen atoms in total. The Morgan fingerprint density at radius 2 is 1.90 bits per heavy atom. The lowest BCUT2D eigenvalue weighted by Crippen LogP contribution is -2.09. The molecule has 0 amide bonds. The Bertz CT molecular complexity index is 794. The number of aromatic nitrogens is 4. The minimum Gasteiger partial charge on any atom is -0.339 e. The Labute approximate surface area is 117 Å². The molecule has 0 saturated carbocycles. The van der Waals surface area contributed by atoms with Crippen LogP contribution >= 0.6 is 0 Å². The molecule has 0 radical (unpaired) electrons. The number of halogens is 3. The lowest BCUT2D eigenvalue weighted by Gasteiger charge is -2.14. The molecule has 1 aromatic carbocycles. The van der Waals surface area contributed by atoms with Crippen LogP contribution in [0, 0.1) is 0 Å².